The molecule has 0 radical (unpaired) electrons. The van der Waals surface area contributed by atoms with Crippen molar-refractivity contribution < 1.29 is 9.59 Å². The van der Waals surface area contributed by atoms with E-state index in [1.165, 1.54) is 0 Å². The highest BCUT2D eigenvalue weighted by Crippen LogP contribution is 2.17. The maximum absolute atomic E-state index is 11.0. The van der Waals surface area contributed by atoms with Crippen LogP contribution in [0.5, 0.6) is 0 Å². The van der Waals surface area contributed by atoms with Crippen molar-refractivity contribution in [2.45, 2.75) is 25.4 Å². The lowest BCUT2D eigenvalue weighted by Gasteiger charge is -2.12. The van der Waals surface area contributed by atoms with Gasteiger partial charge in [0.15, 0.2) is 0 Å². The van der Waals surface area contributed by atoms with E-state index in [0.717, 1.165) is 12.0 Å². The van der Waals surface area contributed by atoms with Gasteiger partial charge in [0.05, 0.1) is 0 Å². The van der Waals surface area contributed by atoms with Crippen LogP contribution in [0.1, 0.15) is 28.8 Å². The summed E-state index contributed by atoms with van der Waals surface area (Å²) in [7, 11) is 0. The molecule has 2 rings (SSSR count). The van der Waals surface area contributed by atoms with Crippen LogP contribution in [-0.2, 0) is 11.3 Å². The Balaban J connectivity index is 1.86. The van der Waals surface area contributed by atoms with Crippen LogP contribution >= 0.6 is 11.6 Å². The van der Waals surface area contributed by atoms with Gasteiger partial charge in [-0.3, -0.25) is 9.59 Å². The van der Waals surface area contributed by atoms with Crippen molar-refractivity contribution in [2.24, 2.45) is 5.73 Å². The lowest BCUT2D eigenvalue weighted by Crippen LogP contribution is -2.35. The minimum atomic E-state index is -0.491. The van der Waals surface area contributed by atoms with Gasteiger partial charge < -0.3 is 16.4 Å². The summed E-state index contributed by atoms with van der Waals surface area (Å²) in [6, 6.07) is 5.19. The van der Waals surface area contributed by atoms with Crippen molar-refractivity contribution in [3.8, 4) is 0 Å². The lowest BCUT2D eigenvalue weighted by atomic mass is 10.1. The number of halogens is 1. The predicted octanol–water partition coefficient (Wildman–Crippen LogP) is 0.807. The van der Waals surface area contributed by atoms with Crippen molar-refractivity contribution in [1.29, 1.82) is 0 Å². The van der Waals surface area contributed by atoms with Gasteiger partial charge >= 0.3 is 0 Å². The Bertz CT molecular complexity index is 505. The summed E-state index contributed by atoms with van der Waals surface area (Å²) >= 11 is 6.07. The van der Waals surface area contributed by atoms with E-state index in [-0.39, 0.29) is 11.9 Å². The summed E-state index contributed by atoms with van der Waals surface area (Å²) in [5, 5.41) is 6.63. The van der Waals surface area contributed by atoms with Crippen molar-refractivity contribution in [1.82, 2.24) is 10.6 Å². The van der Waals surface area contributed by atoms with Gasteiger partial charge in [0.1, 0.15) is 0 Å². The lowest BCUT2D eigenvalue weighted by molar-refractivity contribution is -0.119. The largest absolute Gasteiger partial charge is 0.366 e. The molecular formula is C13H16ClN3O2. The Morgan fingerprint density at radius 3 is 2.89 bits per heavy atom. The monoisotopic (exact) mass is 281 g/mol. The number of rotatable bonds is 5. The molecule has 0 spiro atoms. The van der Waals surface area contributed by atoms with Crippen LogP contribution in [0, 0.1) is 0 Å². The molecule has 0 saturated carbocycles. The van der Waals surface area contributed by atoms with Crippen LogP contribution in [0.2, 0.25) is 5.02 Å². The third-order valence-corrected chi connectivity index (χ3v) is 3.48. The number of benzene rings is 1. The molecule has 1 heterocycles. The second kappa shape index (κ2) is 6.04. The topological polar surface area (TPSA) is 84.2 Å². The first-order chi connectivity index (χ1) is 9.06. The molecule has 2 amide bonds. The molecule has 6 heteroatoms. The molecule has 1 saturated heterocycles. The van der Waals surface area contributed by atoms with E-state index in [1.54, 1.807) is 18.2 Å². The Hall–Kier alpha value is -1.59. The summed E-state index contributed by atoms with van der Waals surface area (Å²) in [4.78, 5) is 22.0. The zero-order valence-electron chi connectivity index (χ0n) is 10.4. The highest BCUT2D eigenvalue weighted by atomic mass is 35.5. The molecule has 1 unspecified atom stereocenters. The van der Waals surface area contributed by atoms with E-state index >= 15 is 0 Å². The zero-order chi connectivity index (χ0) is 13.8. The molecule has 19 heavy (non-hydrogen) atoms. The molecule has 102 valence electrons. The number of hydrogen-bond donors (Lipinski definition) is 3. The molecule has 5 nitrogen and oxygen atoms in total. The minimum Gasteiger partial charge on any atom is -0.366 e. The van der Waals surface area contributed by atoms with E-state index in [4.69, 9.17) is 17.3 Å². The summed E-state index contributed by atoms with van der Waals surface area (Å²) in [6.45, 7) is 1.30. The maximum atomic E-state index is 11.0. The fraction of sp³-hybridized carbons (Fsp3) is 0.385. The van der Waals surface area contributed by atoms with Gasteiger partial charge in [0.25, 0.3) is 0 Å². The third-order valence-electron chi connectivity index (χ3n) is 3.13. The van der Waals surface area contributed by atoms with E-state index in [1.807, 2.05) is 0 Å². The molecule has 1 fully saturated rings. The molecule has 0 bridgehead atoms. The van der Waals surface area contributed by atoms with Crippen LogP contribution in [0.15, 0.2) is 18.2 Å². The first-order valence-electron chi connectivity index (χ1n) is 6.14. The first kappa shape index (κ1) is 13.8. The van der Waals surface area contributed by atoms with E-state index in [2.05, 4.69) is 10.6 Å². The number of hydrogen-bond acceptors (Lipinski definition) is 3. The second-order valence-electron chi connectivity index (χ2n) is 4.60. The Kier molecular flexibility index (Phi) is 4.39. The first-order valence-corrected chi connectivity index (χ1v) is 6.52. The van der Waals surface area contributed by atoms with E-state index in [0.29, 0.717) is 30.1 Å². The number of carbonyl (C=O) groups excluding carboxylic acids is 2. The average molecular weight is 282 g/mol. The Morgan fingerprint density at radius 1 is 1.53 bits per heavy atom. The SMILES string of the molecule is NC(=O)c1ccc(CNCC2CCC(=O)N2)c(Cl)c1. The van der Waals surface area contributed by atoms with Gasteiger partial charge in [0.2, 0.25) is 11.8 Å². The molecular weight excluding hydrogens is 266 g/mol. The van der Waals surface area contributed by atoms with E-state index < -0.39 is 5.91 Å². The van der Waals surface area contributed by atoms with Crippen molar-refractivity contribution >= 4 is 23.4 Å². The smallest absolute Gasteiger partial charge is 0.248 e. The predicted molar refractivity (Wildman–Crippen MR) is 72.8 cm³/mol. The highest BCUT2D eigenvalue weighted by molar-refractivity contribution is 6.31. The summed E-state index contributed by atoms with van der Waals surface area (Å²) in [5.74, 6) is -0.384. The summed E-state index contributed by atoms with van der Waals surface area (Å²) < 4.78 is 0. The second-order valence-corrected chi connectivity index (χ2v) is 5.01. The summed E-state index contributed by atoms with van der Waals surface area (Å²) in [6.07, 6.45) is 1.46. The van der Waals surface area contributed by atoms with Gasteiger partial charge in [-0.25, -0.2) is 0 Å². The number of nitrogens with two attached hydrogens (primary N) is 1. The fourth-order valence-electron chi connectivity index (χ4n) is 2.06. The number of primary amides is 1. The minimum absolute atomic E-state index is 0.107. The maximum Gasteiger partial charge on any atom is 0.248 e. The summed E-state index contributed by atoms with van der Waals surface area (Å²) in [5.41, 5.74) is 6.47. The van der Waals surface area contributed by atoms with Crippen molar-refractivity contribution in [3.05, 3.63) is 34.3 Å². The van der Waals surface area contributed by atoms with E-state index in [9.17, 15) is 9.59 Å². The van der Waals surface area contributed by atoms with Crippen LogP contribution in [0.3, 0.4) is 0 Å². The highest BCUT2D eigenvalue weighted by Gasteiger charge is 2.19. The van der Waals surface area contributed by atoms with Crippen molar-refractivity contribution in [2.75, 3.05) is 6.54 Å². The molecule has 1 aliphatic rings. The normalized spacial score (nSPS) is 18.4. The van der Waals surface area contributed by atoms with Gasteiger partial charge in [0, 0.05) is 36.1 Å². The van der Waals surface area contributed by atoms with Gasteiger partial charge in [-0.05, 0) is 24.1 Å². The van der Waals surface area contributed by atoms with Crippen LogP contribution in [-0.4, -0.2) is 24.4 Å². The zero-order valence-corrected chi connectivity index (χ0v) is 11.2. The average Bonchev–Trinajstić information content (AvgIpc) is 2.77. The fourth-order valence-corrected chi connectivity index (χ4v) is 2.30. The number of amides is 2. The number of nitrogens with one attached hydrogen (secondary N) is 2. The molecule has 0 aromatic heterocycles. The quantitative estimate of drug-likeness (QED) is 0.747. The van der Waals surface area contributed by atoms with Crippen LogP contribution in [0.4, 0.5) is 0 Å². The standard InChI is InChI=1S/C13H16ClN3O2/c14-11-5-8(13(15)19)1-2-9(11)6-16-7-10-3-4-12(18)17-10/h1-2,5,10,16H,3-4,6-7H2,(H2,15,19)(H,17,18). The molecule has 1 atom stereocenters. The Morgan fingerprint density at radius 2 is 2.32 bits per heavy atom. The molecule has 1 aliphatic heterocycles. The molecule has 4 N–H and O–H groups in total. The van der Waals surface area contributed by atoms with Gasteiger partial charge in [-0.2, -0.15) is 0 Å². The van der Waals surface area contributed by atoms with Crippen LogP contribution < -0.4 is 16.4 Å². The molecule has 1 aromatic rings. The van der Waals surface area contributed by atoms with Crippen molar-refractivity contribution in [3.63, 3.8) is 0 Å². The number of carbonyl (C=O) groups is 2. The Labute approximate surface area is 116 Å². The molecule has 1 aromatic carbocycles. The van der Waals surface area contributed by atoms with Gasteiger partial charge in [-0.1, -0.05) is 17.7 Å². The molecule has 0 aliphatic carbocycles. The third kappa shape index (κ3) is 3.68. The van der Waals surface area contributed by atoms with Gasteiger partial charge in [-0.15, -0.1) is 0 Å². The van der Waals surface area contributed by atoms with Crippen LogP contribution in [0.25, 0.3) is 0 Å².